The van der Waals surface area contributed by atoms with E-state index in [0.29, 0.717) is 17.0 Å². The highest BCUT2D eigenvalue weighted by Gasteiger charge is 2.29. The molecule has 3 N–H and O–H groups in total. The molecule has 0 aromatic heterocycles. The van der Waals surface area contributed by atoms with Gasteiger partial charge >= 0.3 is 0 Å². The number of hydrogen-bond donors (Lipinski definition) is 2. The zero-order chi connectivity index (χ0) is 14.7. The molecule has 2 atom stereocenters. The standard InChI is InChI=1S/C14H22ClFN4/c1-19-5-6-20(2)14(9-19)13(18-17)7-10-3-4-11(15)8-12(10)16/h3-4,8,13-14,18H,5-7,9,17H2,1-2H3. The summed E-state index contributed by atoms with van der Waals surface area (Å²) in [4.78, 5) is 4.55. The maximum atomic E-state index is 13.9. The van der Waals surface area contributed by atoms with Gasteiger partial charge in [0, 0.05) is 36.7 Å². The van der Waals surface area contributed by atoms with Crippen molar-refractivity contribution in [3.8, 4) is 0 Å². The third-order valence-corrected chi connectivity index (χ3v) is 4.27. The van der Waals surface area contributed by atoms with Gasteiger partial charge in [-0.25, -0.2) is 4.39 Å². The maximum absolute atomic E-state index is 13.9. The van der Waals surface area contributed by atoms with Crippen molar-refractivity contribution in [1.82, 2.24) is 15.2 Å². The fourth-order valence-electron chi connectivity index (χ4n) is 2.71. The average molecular weight is 301 g/mol. The van der Waals surface area contributed by atoms with Crippen LogP contribution in [-0.4, -0.2) is 55.6 Å². The molecule has 0 aliphatic carbocycles. The minimum atomic E-state index is -0.274. The minimum Gasteiger partial charge on any atom is -0.303 e. The number of rotatable bonds is 4. The van der Waals surface area contributed by atoms with Crippen LogP contribution in [0.2, 0.25) is 5.02 Å². The Bertz CT molecular complexity index is 457. The molecule has 0 radical (unpaired) electrons. The molecule has 4 nitrogen and oxygen atoms in total. The lowest BCUT2D eigenvalue weighted by molar-refractivity contribution is 0.0874. The highest BCUT2D eigenvalue weighted by atomic mass is 35.5. The van der Waals surface area contributed by atoms with Crippen molar-refractivity contribution >= 4 is 11.6 Å². The Morgan fingerprint density at radius 2 is 2.20 bits per heavy atom. The molecule has 1 aromatic carbocycles. The summed E-state index contributed by atoms with van der Waals surface area (Å²) in [6, 6.07) is 5.05. The summed E-state index contributed by atoms with van der Waals surface area (Å²) < 4.78 is 13.9. The van der Waals surface area contributed by atoms with Crippen molar-refractivity contribution in [2.45, 2.75) is 18.5 Å². The minimum absolute atomic E-state index is 0.00146. The Hall–Kier alpha value is -0.720. The van der Waals surface area contributed by atoms with Crippen LogP contribution in [0.5, 0.6) is 0 Å². The molecule has 1 heterocycles. The van der Waals surface area contributed by atoms with E-state index in [1.165, 1.54) is 6.07 Å². The van der Waals surface area contributed by atoms with Crippen LogP contribution in [0.1, 0.15) is 5.56 Å². The molecule has 1 fully saturated rings. The number of likely N-dealkylation sites (N-methyl/N-ethyl adjacent to an activating group) is 2. The first kappa shape index (κ1) is 15.7. The van der Waals surface area contributed by atoms with Crippen molar-refractivity contribution in [2.24, 2.45) is 5.84 Å². The number of benzene rings is 1. The summed E-state index contributed by atoms with van der Waals surface area (Å²) in [5, 5.41) is 0.415. The van der Waals surface area contributed by atoms with Gasteiger partial charge in [-0.3, -0.25) is 16.2 Å². The van der Waals surface area contributed by atoms with E-state index in [0.717, 1.165) is 19.6 Å². The van der Waals surface area contributed by atoms with Crippen LogP contribution >= 0.6 is 11.6 Å². The Morgan fingerprint density at radius 3 is 2.85 bits per heavy atom. The van der Waals surface area contributed by atoms with E-state index < -0.39 is 0 Å². The number of nitrogens with zero attached hydrogens (tertiary/aromatic N) is 2. The lowest BCUT2D eigenvalue weighted by Gasteiger charge is -2.41. The number of piperazine rings is 1. The van der Waals surface area contributed by atoms with E-state index in [2.05, 4.69) is 29.3 Å². The van der Waals surface area contributed by atoms with Gasteiger partial charge in [-0.15, -0.1) is 0 Å². The van der Waals surface area contributed by atoms with E-state index in [-0.39, 0.29) is 17.9 Å². The summed E-state index contributed by atoms with van der Waals surface area (Å²) in [5.74, 6) is 5.42. The molecule has 112 valence electrons. The molecule has 1 aromatic rings. The Balaban J connectivity index is 2.11. The first-order valence-electron chi connectivity index (χ1n) is 6.80. The first-order valence-corrected chi connectivity index (χ1v) is 7.18. The molecule has 0 spiro atoms. The van der Waals surface area contributed by atoms with Gasteiger partial charge in [0.25, 0.3) is 0 Å². The lowest BCUT2D eigenvalue weighted by atomic mass is 9.97. The zero-order valence-corrected chi connectivity index (χ0v) is 12.7. The molecule has 0 bridgehead atoms. The number of hydrogen-bond acceptors (Lipinski definition) is 4. The molecule has 2 rings (SSSR count). The van der Waals surface area contributed by atoms with Crippen LogP contribution in [0, 0.1) is 5.82 Å². The maximum Gasteiger partial charge on any atom is 0.127 e. The van der Waals surface area contributed by atoms with E-state index in [4.69, 9.17) is 17.4 Å². The summed E-state index contributed by atoms with van der Waals surface area (Å²) >= 11 is 5.78. The lowest BCUT2D eigenvalue weighted by Crippen LogP contribution is -2.60. The smallest absolute Gasteiger partial charge is 0.127 e. The SMILES string of the molecule is CN1CCN(C)C(C(Cc2ccc(Cl)cc2F)NN)C1. The number of halogens is 2. The van der Waals surface area contributed by atoms with Crippen molar-refractivity contribution in [3.05, 3.63) is 34.6 Å². The molecule has 1 aliphatic heterocycles. The van der Waals surface area contributed by atoms with E-state index >= 15 is 0 Å². The number of nitrogens with two attached hydrogens (primary N) is 1. The molecule has 2 unspecified atom stereocenters. The Labute approximate surface area is 124 Å². The quantitative estimate of drug-likeness (QED) is 0.646. The molecule has 0 amide bonds. The van der Waals surface area contributed by atoms with Gasteiger partial charge < -0.3 is 4.90 Å². The zero-order valence-electron chi connectivity index (χ0n) is 11.9. The third kappa shape index (κ3) is 3.68. The van der Waals surface area contributed by atoms with Crippen LogP contribution < -0.4 is 11.3 Å². The predicted octanol–water partition coefficient (Wildman–Crippen LogP) is 1.10. The molecular formula is C14H22ClFN4. The van der Waals surface area contributed by atoms with Crippen LogP contribution in [-0.2, 0) is 6.42 Å². The predicted molar refractivity (Wildman–Crippen MR) is 80.1 cm³/mol. The molecule has 1 saturated heterocycles. The summed E-state index contributed by atoms with van der Waals surface area (Å²) in [6.07, 6.45) is 0.544. The van der Waals surface area contributed by atoms with Gasteiger partial charge in [0.15, 0.2) is 0 Å². The second-order valence-corrected chi connectivity index (χ2v) is 5.96. The van der Waals surface area contributed by atoms with Crippen LogP contribution in [0.3, 0.4) is 0 Å². The van der Waals surface area contributed by atoms with Crippen LogP contribution in [0.25, 0.3) is 0 Å². The Morgan fingerprint density at radius 1 is 1.45 bits per heavy atom. The van der Waals surface area contributed by atoms with Gasteiger partial charge in [0.2, 0.25) is 0 Å². The normalized spacial score (nSPS) is 22.9. The van der Waals surface area contributed by atoms with Crippen molar-refractivity contribution in [1.29, 1.82) is 0 Å². The van der Waals surface area contributed by atoms with E-state index in [1.807, 2.05) is 0 Å². The van der Waals surface area contributed by atoms with Crippen LogP contribution in [0.15, 0.2) is 18.2 Å². The average Bonchev–Trinajstić information content (AvgIpc) is 2.41. The molecule has 0 saturated carbocycles. The van der Waals surface area contributed by atoms with Crippen molar-refractivity contribution < 1.29 is 4.39 Å². The van der Waals surface area contributed by atoms with Gasteiger partial charge in [0.05, 0.1) is 0 Å². The highest BCUT2D eigenvalue weighted by Crippen LogP contribution is 2.19. The molecule has 1 aliphatic rings. The van der Waals surface area contributed by atoms with Gasteiger partial charge in [0.1, 0.15) is 5.82 Å². The second kappa shape index (κ2) is 6.83. The second-order valence-electron chi connectivity index (χ2n) is 5.52. The number of nitrogens with one attached hydrogen (secondary N) is 1. The fourth-order valence-corrected chi connectivity index (χ4v) is 2.87. The molecular weight excluding hydrogens is 279 g/mol. The topological polar surface area (TPSA) is 44.5 Å². The van der Waals surface area contributed by atoms with E-state index in [9.17, 15) is 4.39 Å². The third-order valence-electron chi connectivity index (χ3n) is 4.03. The fraction of sp³-hybridized carbons (Fsp3) is 0.571. The van der Waals surface area contributed by atoms with Crippen LogP contribution in [0.4, 0.5) is 4.39 Å². The summed E-state index contributed by atoms with van der Waals surface area (Å²) in [7, 11) is 4.18. The molecule has 6 heteroatoms. The summed E-state index contributed by atoms with van der Waals surface area (Å²) in [6.45, 7) is 2.95. The molecule has 20 heavy (non-hydrogen) atoms. The van der Waals surface area contributed by atoms with Crippen molar-refractivity contribution in [3.63, 3.8) is 0 Å². The van der Waals surface area contributed by atoms with Gasteiger partial charge in [-0.2, -0.15) is 0 Å². The Kier molecular flexibility index (Phi) is 5.35. The van der Waals surface area contributed by atoms with Gasteiger partial charge in [-0.05, 0) is 38.2 Å². The van der Waals surface area contributed by atoms with Crippen molar-refractivity contribution in [2.75, 3.05) is 33.7 Å². The summed E-state index contributed by atoms with van der Waals surface area (Å²) in [5.41, 5.74) is 3.48. The van der Waals surface area contributed by atoms with Gasteiger partial charge in [-0.1, -0.05) is 17.7 Å². The van der Waals surface area contributed by atoms with E-state index in [1.54, 1.807) is 12.1 Å². The highest BCUT2D eigenvalue weighted by molar-refractivity contribution is 6.30. The largest absolute Gasteiger partial charge is 0.303 e. The first-order chi connectivity index (χ1) is 9.51. The number of hydrazine groups is 1. The monoisotopic (exact) mass is 300 g/mol.